The summed E-state index contributed by atoms with van der Waals surface area (Å²) in [6.45, 7) is 7.33. The van der Waals surface area contributed by atoms with E-state index in [1.165, 1.54) is 5.56 Å². The Labute approximate surface area is 154 Å². The van der Waals surface area contributed by atoms with Crippen LogP contribution in [0.4, 0.5) is 5.69 Å². The molecule has 1 N–H and O–H groups in total. The van der Waals surface area contributed by atoms with Crippen LogP contribution in [0.25, 0.3) is 0 Å². The van der Waals surface area contributed by atoms with Crippen molar-refractivity contribution in [3.05, 3.63) is 59.9 Å². The summed E-state index contributed by atoms with van der Waals surface area (Å²) in [5.74, 6) is -0.410. The number of aromatic nitrogens is 1. The van der Waals surface area contributed by atoms with Crippen LogP contribution in [0, 0.1) is 5.92 Å². The van der Waals surface area contributed by atoms with E-state index in [0.717, 1.165) is 11.3 Å². The highest BCUT2D eigenvalue weighted by atomic mass is 16.2. The molecule has 1 unspecified atom stereocenters. The number of nitrogens with zero attached hydrogens (tertiary/aromatic N) is 2. The SMILES string of the molecule is CC(C)(C)c1ccc(N2CC(C(=O)NCc3cccnc3)CC2=O)cc1. The number of amides is 2. The topological polar surface area (TPSA) is 62.3 Å². The smallest absolute Gasteiger partial charge is 0.227 e. The third-order valence-corrected chi connectivity index (χ3v) is 4.73. The molecule has 5 nitrogen and oxygen atoms in total. The minimum atomic E-state index is -0.318. The third-order valence-electron chi connectivity index (χ3n) is 4.73. The van der Waals surface area contributed by atoms with E-state index in [2.05, 4.69) is 43.2 Å². The second-order valence-electron chi connectivity index (χ2n) is 7.78. The van der Waals surface area contributed by atoms with Gasteiger partial charge in [-0.3, -0.25) is 14.6 Å². The Kier molecular flexibility index (Phi) is 5.07. The van der Waals surface area contributed by atoms with Crippen molar-refractivity contribution in [2.75, 3.05) is 11.4 Å². The maximum absolute atomic E-state index is 12.4. The number of carbonyl (C=O) groups is 2. The summed E-state index contributed by atoms with van der Waals surface area (Å²) in [5.41, 5.74) is 3.09. The van der Waals surface area contributed by atoms with E-state index >= 15 is 0 Å². The van der Waals surface area contributed by atoms with Gasteiger partial charge in [0, 0.05) is 37.6 Å². The number of nitrogens with one attached hydrogen (secondary N) is 1. The number of pyridine rings is 1. The van der Waals surface area contributed by atoms with E-state index in [0.29, 0.717) is 13.1 Å². The molecule has 1 aliphatic heterocycles. The van der Waals surface area contributed by atoms with Crippen molar-refractivity contribution in [1.29, 1.82) is 0 Å². The molecule has 1 atom stereocenters. The molecule has 2 amide bonds. The predicted molar refractivity (Wildman–Crippen MR) is 102 cm³/mol. The maximum Gasteiger partial charge on any atom is 0.227 e. The molecule has 0 bridgehead atoms. The van der Waals surface area contributed by atoms with E-state index in [1.54, 1.807) is 17.3 Å². The summed E-state index contributed by atoms with van der Waals surface area (Å²) in [7, 11) is 0. The van der Waals surface area contributed by atoms with Crippen molar-refractivity contribution in [1.82, 2.24) is 10.3 Å². The lowest BCUT2D eigenvalue weighted by molar-refractivity contribution is -0.126. The van der Waals surface area contributed by atoms with Crippen LogP contribution in [-0.4, -0.2) is 23.3 Å². The molecule has 0 aliphatic carbocycles. The van der Waals surface area contributed by atoms with Crippen LogP contribution in [0.3, 0.4) is 0 Å². The molecule has 5 heteroatoms. The second kappa shape index (κ2) is 7.28. The first-order valence-corrected chi connectivity index (χ1v) is 8.92. The molecule has 136 valence electrons. The highest BCUT2D eigenvalue weighted by molar-refractivity contribution is 6.00. The summed E-state index contributed by atoms with van der Waals surface area (Å²) in [4.78, 5) is 30.5. The maximum atomic E-state index is 12.4. The fourth-order valence-electron chi connectivity index (χ4n) is 3.11. The standard InChI is InChI=1S/C21H25N3O2/c1-21(2,3)17-6-8-18(9-7-17)24-14-16(11-19(24)25)20(26)23-13-15-5-4-10-22-12-15/h4-10,12,16H,11,13-14H2,1-3H3,(H,23,26). The molecular weight excluding hydrogens is 326 g/mol. The van der Waals surface area contributed by atoms with Crippen LogP contribution in [0.5, 0.6) is 0 Å². The minimum absolute atomic E-state index is 0.00460. The molecule has 2 heterocycles. The average molecular weight is 351 g/mol. The lowest BCUT2D eigenvalue weighted by atomic mass is 9.87. The highest BCUT2D eigenvalue weighted by Gasteiger charge is 2.35. The quantitative estimate of drug-likeness (QED) is 0.921. The van der Waals surface area contributed by atoms with Crippen LogP contribution in [0.15, 0.2) is 48.8 Å². The molecular formula is C21H25N3O2. The first-order chi connectivity index (χ1) is 12.3. The number of hydrogen-bond acceptors (Lipinski definition) is 3. The summed E-state index contributed by atoms with van der Waals surface area (Å²) < 4.78 is 0. The van der Waals surface area contributed by atoms with Crippen LogP contribution < -0.4 is 10.2 Å². The van der Waals surface area contributed by atoms with Gasteiger partial charge in [0.1, 0.15) is 0 Å². The average Bonchev–Trinajstić information content (AvgIpc) is 3.02. The molecule has 0 spiro atoms. The summed E-state index contributed by atoms with van der Waals surface area (Å²) in [6.07, 6.45) is 3.67. The Bertz CT molecular complexity index is 779. The van der Waals surface area contributed by atoms with Crippen molar-refractivity contribution in [2.45, 2.75) is 39.2 Å². The van der Waals surface area contributed by atoms with E-state index in [1.807, 2.05) is 24.3 Å². The summed E-state index contributed by atoms with van der Waals surface area (Å²) >= 11 is 0. The lowest BCUT2D eigenvalue weighted by Crippen LogP contribution is -2.32. The van der Waals surface area contributed by atoms with Gasteiger partial charge in [0.25, 0.3) is 0 Å². The number of benzene rings is 1. The normalized spacial score (nSPS) is 17.4. The zero-order valence-corrected chi connectivity index (χ0v) is 15.5. The Balaban J connectivity index is 1.62. The lowest BCUT2D eigenvalue weighted by Gasteiger charge is -2.21. The molecule has 1 aliphatic rings. The molecule has 3 rings (SSSR count). The molecule has 1 saturated heterocycles. The zero-order valence-electron chi connectivity index (χ0n) is 15.5. The molecule has 1 aromatic carbocycles. The second-order valence-corrected chi connectivity index (χ2v) is 7.78. The van der Waals surface area contributed by atoms with Crippen LogP contribution in [-0.2, 0) is 21.5 Å². The van der Waals surface area contributed by atoms with Crippen LogP contribution in [0.2, 0.25) is 0 Å². The number of anilines is 1. The van der Waals surface area contributed by atoms with Crippen molar-refractivity contribution in [3.63, 3.8) is 0 Å². The van der Waals surface area contributed by atoms with Gasteiger partial charge in [0.2, 0.25) is 11.8 Å². The van der Waals surface area contributed by atoms with E-state index in [-0.39, 0.29) is 29.6 Å². The largest absolute Gasteiger partial charge is 0.352 e. The molecule has 0 radical (unpaired) electrons. The number of rotatable bonds is 4. The summed E-state index contributed by atoms with van der Waals surface area (Å²) in [5, 5.41) is 2.90. The Hall–Kier alpha value is -2.69. The fraction of sp³-hybridized carbons (Fsp3) is 0.381. The molecule has 1 fully saturated rings. The van der Waals surface area contributed by atoms with Crippen LogP contribution in [0.1, 0.15) is 38.3 Å². The monoisotopic (exact) mass is 351 g/mol. The number of hydrogen-bond donors (Lipinski definition) is 1. The van der Waals surface area contributed by atoms with E-state index in [9.17, 15) is 9.59 Å². The molecule has 1 aromatic heterocycles. The van der Waals surface area contributed by atoms with Gasteiger partial charge in [0.15, 0.2) is 0 Å². The van der Waals surface area contributed by atoms with Gasteiger partial charge in [0.05, 0.1) is 5.92 Å². The van der Waals surface area contributed by atoms with Crippen molar-refractivity contribution < 1.29 is 9.59 Å². The van der Waals surface area contributed by atoms with Crippen molar-refractivity contribution in [2.24, 2.45) is 5.92 Å². The van der Waals surface area contributed by atoms with Gasteiger partial charge in [-0.15, -0.1) is 0 Å². The number of carbonyl (C=O) groups excluding carboxylic acids is 2. The van der Waals surface area contributed by atoms with Gasteiger partial charge >= 0.3 is 0 Å². The van der Waals surface area contributed by atoms with Gasteiger partial charge in [-0.05, 0) is 34.7 Å². The Morgan fingerprint density at radius 1 is 1.23 bits per heavy atom. The molecule has 26 heavy (non-hydrogen) atoms. The zero-order chi connectivity index (χ0) is 18.7. The van der Waals surface area contributed by atoms with Gasteiger partial charge in [-0.25, -0.2) is 0 Å². The van der Waals surface area contributed by atoms with E-state index in [4.69, 9.17) is 0 Å². The van der Waals surface area contributed by atoms with Crippen LogP contribution >= 0.6 is 0 Å². The van der Waals surface area contributed by atoms with Gasteiger partial charge in [-0.1, -0.05) is 39.0 Å². The molecule has 2 aromatic rings. The fourth-order valence-corrected chi connectivity index (χ4v) is 3.11. The highest BCUT2D eigenvalue weighted by Crippen LogP contribution is 2.28. The van der Waals surface area contributed by atoms with E-state index < -0.39 is 0 Å². The van der Waals surface area contributed by atoms with Gasteiger partial charge < -0.3 is 10.2 Å². The van der Waals surface area contributed by atoms with Gasteiger partial charge in [-0.2, -0.15) is 0 Å². The van der Waals surface area contributed by atoms with Crippen molar-refractivity contribution in [3.8, 4) is 0 Å². The predicted octanol–water partition coefficient (Wildman–Crippen LogP) is 3.05. The Morgan fingerprint density at radius 3 is 2.58 bits per heavy atom. The minimum Gasteiger partial charge on any atom is -0.352 e. The van der Waals surface area contributed by atoms with Crippen molar-refractivity contribution >= 4 is 17.5 Å². The third kappa shape index (κ3) is 4.10. The first-order valence-electron chi connectivity index (χ1n) is 8.92. The molecule has 0 saturated carbocycles. The Morgan fingerprint density at radius 2 is 1.96 bits per heavy atom. The summed E-state index contributed by atoms with van der Waals surface area (Å²) in [6, 6.07) is 11.8. The first kappa shape index (κ1) is 18.1.